The topological polar surface area (TPSA) is 18.5 Å². The summed E-state index contributed by atoms with van der Waals surface area (Å²) in [5.74, 6) is 1.33. The van der Waals surface area contributed by atoms with Crippen LogP contribution in [0.25, 0.3) is 0 Å². The zero-order chi connectivity index (χ0) is 9.42. The average Bonchev–Trinajstić information content (AvgIpc) is 2.67. The lowest BCUT2D eigenvalue weighted by molar-refractivity contribution is -0.0214. The van der Waals surface area contributed by atoms with Gasteiger partial charge in [-0.1, -0.05) is 13.8 Å². The van der Waals surface area contributed by atoms with E-state index in [1.54, 1.807) is 0 Å². The number of ether oxygens (including phenoxy) is 2. The smallest absolute Gasteiger partial charge is 0.0633 e. The third-order valence-electron chi connectivity index (χ3n) is 3.65. The van der Waals surface area contributed by atoms with E-state index in [0.717, 1.165) is 19.4 Å². The zero-order valence-corrected chi connectivity index (χ0v) is 8.82. The highest BCUT2D eigenvalue weighted by Gasteiger charge is 2.49. The molecular weight excluding hydrogens is 164 g/mol. The number of hydrogen-bond donors (Lipinski definition) is 0. The molecule has 0 aromatic carbocycles. The maximum atomic E-state index is 6.02. The van der Waals surface area contributed by atoms with Crippen LogP contribution >= 0.6 is 0 Å². The third kappa shape index (κ3) is 1.40. The van der Waals surface area contributed by atoms with Crippen LogP contribution in [0.2, 0.25) is 0 Å². The summed E-state index contributed by atoms with van der Waals surface area (Å²) >= 11 is 0. The second-order valence-corrected chi connectivity index (χ2v) is 4.31. The van der Waals surface area contributed by atoms with Gasteiger partial charge >= 0.3 is 0 Å². The van der Waals surface area contributed by atoms with Crippen molar-refractivity contribution in [2.45, 2.75) is 51.9 Å². The van der Waals surface area contributed by atoms with Crippen LogP contribution in [-0.4, -0.2) is 24.9 Å². The van der Waals surface area contributed by atoms with Gasteiger partial charge in [-0.3, -0.25) is 0 Å². The fraction of sp³-hybridized carbons (Fsp3) is 1.00. The van der Waals surface area contributed by atoms with Crippen molar-refractivity contribution in [1.29, 1.82) is 0 Å². The highest BCUT2D eigenvalue weighted by atomic mass is 16.5. The maximum Gasteiger partial charge on any atom is 0.0633 e. The number of rotatable bonds is 2. The number of fused-ring (bicyclic) bond motifs is 1. The molecule has 0 N–H and O–H groups in total. The summed E-state index contributed by atoms with van der Waals surface area (Å²) in [7, 11) is 0. The van der Waals surface area contributed by atoms with Gasteiger partial charge in [0.1, 0.15) is 0 Å². The van der Waals surface area contributed by atoms with Crippen LogP contribution in [0.4, 0.5) is 0 Å². The Morgan fingerprint density at radius 3 is 2.46 bits per heavy atom. The first kappa shape index (κ1) is 9.47. The van der Waals surface area contributed by atoms with Gasteiger partial charge in [-0.15, -0.1) is 0 Å². The second-order valence-electron chi connectivity index (χ2n) is 4.31. The molecule has 76 valence electrons. The molecule has 13 heavy (non-hydrogen) atoms. The summed E-state index contributed by atoms with van der Waals surface area (Å²) in [5, 5.41) is 0. The molecule has 2 aliphatic rings. The minimum absolute atomic E-state index is 0.409. The molecule has 0 amide bonds. The van der Waals surface area contributed by atoms with E-state index in [1.165, 1.54) is 0 Å². The minimum atomic E-state index is 0.409. The van der Waals surface area contributed by atoms with Crippen LogP contribution < -0.4 is 0 Å². The van der Waals surface area contributed by atoms with E-state index >= 15 is 0 Å². The summed E-state index contributed by atoms with van der Waals surface area (Å²) in [6, 6.07) is 0. The largest absolute Gasteiger partial charge is 0.378 e. The Morgan fingerprint density at radius 1 is 1.15 bits per heavy atom. The van der Waals surface area contributed by atoms with Gasteiger partial charge in [-0.2, -0.15) is 0 Å². The van der Waals surface area contributed by atoms with Crippen molar-refractivity contribution in [3.63, 3.8) is 0 Å². The van der Waals surface area contributed by atoms with Gasteiger partial charge in [-0.05, 0) is 19.8 Å². The van der Waals surface area contributed by atoms with Crippen molar-refractivity contribution < 1.29 is 9.47 Å². The Balaban J connectivity index is 2.11. The summed E-state index contributed by atoms with van der Waals surface area (Å²) in [6.07, 6.45) is 3.58. The second kappa shape index (κ2) is 3.58. The van der Waals surface area contributed by atoms with Gasteiger partial charge in [0.05, 0.1) is 24.9 Å². The van der Waals surface area contributed by atoms with Crippen LogP contribution in [-0.2, 0) is 9.47 Å². The van der Waals surface area contributed by atoms with Crippen molar-refractivity contribution in [3.05, 3.63) is 0 Å². The van der Waals surface area contributed by atoms with Crippen LogP contribution in [0.15, 0.2) is 0 Å². The highest BCUT2D eigenvalue weighted by Crippen LogP contribution is 2.43. The summed E-state index contributed by atoms with van der Waals surface area (Å²) in [5.41, 5.74) is 0. The molecule has 2 fully saturated rings. The van der Waals surface area contributed by atoms with Crippen LogP contribution in [0, 0.1) is 11.8 Å². The molecule has 0 radical (unpaired) electrons. The lowest BCUT2D eigenvalue weighted by Gasteiger charge is -2.18. The third-order valence-corrected chi connectivity index (χ3v) is 3.65. The fourth-order valence-electron chi connectivity index (χ4n) is 2.95. The Morgan fingerprint density at radius 2 is 1.85 bits per heavy atom. The summed E-state index contributed by atoms with van der Waals surface area (Å²) in [4.78, 5) is 0. The molecule has 5 atom stereocenters. The molecule has 2 nitrogen and oxygen atoms in total. The summed E-state index contributed by atoms with van der Waals surface area (Å²) in [6.45, 7) is 7.53. The van der Waals surface area contributed by atoms with E-state index in [9.17, 15) is 0 Å². The van der Waals surface area contributed by atoms with Crippen molar-refractivity contribution in [2.24, 2.45) is 11.8 Å². The van der Waals surface area contributed by atoms with Crippen LogP contribution in [0.5, 0.6) is 0 Å². The Bertz CT molecular complexity index is 181. The molecule has 2 heterocycles. The van der Waals surface area contributed by atoms with E-state index < -0.39 is 0 Å². The van der Waals surface area contributed by atoms with Gasteiger partial charge in [0, 0.05) is 11.8 Å². The van der Waals surface area contributed by atoms with Crippen molar-refractivity contribution in [3.8, 4) is 0 Å². The predicted octanol–water partition coefficient (Wildman–Crippen LogP) is 2.22. The van der Waals surface area contributed by atoms with Crippen molar-refractivity contribution >= 4 is 0 Å². The van der Waals surface area contributed by atoms with Gasteiger partial charge < -0.3 is 9.47 Å². The molecular formula is C11H20O2. The standard InChI is InChI=1S/C11H20O2/c1-4-9-8-6-12-7(3)11(8)10(5-2)13-9/h7-11H,4-6H2,1-3H3. The van der Waals surface area contributed by atoms with Crippen LogP contribution in [0.3, 0.4) is 0 Å². The van der Waals surface area contributed by atoms with E-state index in [4.69, 9.17) is 9.47 Å². The van der Waals surface area contributed by atoms with E-state index in [2.05, 4.69) is 20.8 Å². The number of hydrogen-bond acceptors (Lipinski definition) is 2. The van der Waals surface area contributed by atoms with E-state index in [0.29, 0.717) is 30.1 Å². The highest BCUT2D eigenvalue weighted by molar-refractivity contribution is 4.95. The molecule has 0 saturated carbocycles. The minimum Gasteiger partial charge on any atom is -0.378 e. The Hall–Kier alpha value is -0.0800. The lowest BCUT2D eigenvalue weighted by atomic mass is 9.85. The van der Waals surface area contributed by atoms with E-state index in [-0.39, 0.29) is 0 Å². The summed E-state index contributed by atoms with van der Waals surface area (Å²) < 4.78 is 11.7. The zero-order valence-electron chi connectivity index (χ0n) is 8.82. The normalized spacial score (nSPS) is 49.6. The van der Waals surface area contributed by atoms with Crippen molar-refractivity contribution in [1.82, 2.24) is 0 Å². The quantitative estimate of drug-likeness (QED) is 0.655. The molecule has 0 bridgehead atoms. The van der Waals surface area contributed by atoms with Gasteiger partial charge in [0.25, 0.3) is 0 Å². The fourth-order valence-corrected chi connectivity index (χ4v) is 2.95. The molecule has 0 spiro atoms. The molecule has 2 heteroatoms. The molecule has 5 unspecified atom stereocenters. The molecule has 0 aromatic rings. The van der Waals surface area contributed by atoms with Crippen molar-refractivity contribution in [2.75, 3.05) is 6.61 Å². The van der Waals surface area contributed by atoms with Gasteiger partial charge in [0.2, 0.25) is 0 Å². The average molecular weight is 184 g/mol. The Labute approximate surface area is 80.6 Å². The lowest BCUT2D eigenvalue weighted by Crippen LogP contribution is -2.24. The van der Waals surface area contributed by atoms with Crippen LogP contribution in [0.1, 0.15) is 33.6 Å². The predicted molar refractivity (Wildman–Crippen MR) is 51.6 cm³/mol. The maximum absolute atomic E-state index is 6.02. The monoisotopic (exact) mass is 184 g/mol. The molecule has 0 aromatic heterocycles. The van der Waals surface area contributed by atoms with Gasteiger partial charge in [0.15, 0.2) is 0 Å². The molecule has 2 aliphatic heterocycles. The SMILES string of the molecule is CCC1OC(CC)C2C(C)OCC12. The molecule has 0 aliphatic carbocycles. The van der Waals surface area contributed by atoms with E-state index in [1.807, 2.05) is 0 Å². The first-order chi connectivity index (χ1) is 6.27. The molecule has 2 saturated heterocycles. The Kier molecular flexibility index (Phi) is 2.61. The first-order valence-corrected chi connectivity index (χ1v) is 5.55. The molecule has 2 rings (SSSR count). The first-order valence-electron chi connectivity index (χ1n) is 5.55. The van der Waals surface area contributed by atoms with Gasteiger partial charge in [-0.25, -0.2) is 0 Å².